The van der Waals surface area contributed by atoms with Crippen LogP contribution in [0.4, 0.5) is 5.82 Å². The Balaban J connectivity index is 1.80. The minimum atomic E-state index is -0.670. The van der Waals surface area contributed by atoms with Crippen molar-refractivity contribution < 1.29 is 19.8 Å². The van der Waals surface area contributed by atoms with Gasteiger partial charge in [0, 0.05) is 19.0 Å². The molecule has 0 radical (unpaired) electrons. The van der Waals surface area contributed by atoms with E-state index in [4.69, 9.17) is 9.57 Å². The van der Waals surface area contributed by atoms with E-state index in [1.165, 1.54) is 6.33 Å². The van der Waals surface area contributed by atoms with Crippen LogP contribution in [0.25, 0.3) is 11.0 Å². The third-order valence-electron chi connectivity index (χ3n) is 4.02. The van der Waals surface area contributed by atoms with Gasteiger partial charge in [-0.1, -0.05) is 0 Å². The topological polar surface area (TPSA) is 102 Å². The third kappa shape index (κ3) is 1.99. The molecule has 0 amide bonds. The minimum Gasteiger partial charge on any atom is -0.394 e. The molecule has 0 saturated carbocycles. The van der Waals surface area contributed by atoms with Crippen molar-refractivity contribution in [3.63, 3.8) is 0 Å². The number of aliphatic hydroxyl groups is 2. The van der Waals surface area contributed by atoms with Crippen LogP contribution in [0.2, 0.25) is 0 Å². The summed E-state index contributed by atoms with van der Waals surface area (Å²) in [7, 11) is 0. The largest absolute Gasteiger partial charge is 0.394 e. The lowest BCUT2D eigenvalue weighted by molar-refractivity contribution is -0.0431. The molecule has 0 bridgehead atoms. The summed E-state index contributed by atoms with van der Waals surface area (Å²) in [6, 6.07) is 0. The molecular weight excluding hydrogens is 276 g/mol. The van der Waals surface area contributed by atoms with Gasteiger partial charge in [-0.25, -0.2) is 15.4 Å². The van der Waals surface area contributed by atoms with Gasteiger partial charge >= 0.3 is 0 Å². The standard InChI is InChI=1S/C13H16N4O4/c18-5-9-8(19)3-10(21-9)17-4-7-1-2-20-16-12-11(7)13(17)15-6-14-12/h4,6,8-10,18-19H,1-3,5H2,(H,14,15,16)/t8-,9+,10+/m0/s1. The van der Waals surface area contributed by atoms with Gasteiger partial charge in [-0.3, -0.25) is 4.84 Å². The summed E-state index contributed by atoms with van der Waals surface area (Å²) >= 11 is 0. The highest BCUT2D eigenvalue weighted by atomic mass is 16.6. The Morgan fingerprint density at radius 3 is 3.14 bits per heavy atom. The first-order valence-electron chi connectivity index (χ1n) is 6.94. The highest BCUT2D eigenvalue weighted by Crippen LogP contribution is 2.35. The quantitative estimate of drug-likeness (QED) is 0.714. The number of rotatable bonds is 2. The predicted octanol–water partition coefficient (Wildman–Crippen LogP) is -0.0284. The zero-order chi connectivity index (χ0) is 14.4. The van der Waals surface area contributed by atoms with Crippen LogP contribution in [0.15, 0.2) is 12.5 Å². The number of hydrogen-bond acceptors (Lipinski definition) is 7. The number of anilines is 1. The van der Waals surface area contributed by atoms with Crippen molar-refractivity contribution >= 4 is 16.9 Å². The Morgan fingerprint density at radius 2 is 2.33 bits per heavy atom. The zero-order valence-electron chi connectivity index (χ0n) is 11.3. The maximum Gasteiger partial charge on any atom is 0.162 e. The molecule has 0 unspecified atom stereocenters. The van der Waals surface area contributed by atoms with Crippen molar-refractivity contribution in [3.05, 3.63) is 18.1 Å². The van der Waals surface area contributed by atoms with Crippen LogP contribution in [0.1, 0.15) is 18.2 Å². The van der Waals surface area contributed by atoms with Gasteiger partial charge in [0.25, 0.3) is 0 Å². The molecule has 112 valence electrons. The average molecular weight is 292 g/mol. The number of aliphatic hydroxyl groups excluding tert-OH is 2. The molecule has 4 heterocycles. The molecule has 0 aromatic carbocycles. The monoisotopic (exact) mass is 292 g/mol. The lowest BCUT2D eigenvalue weighted by Crippen LogP contribution is -2.24. The number of hydrogen-bond donors (Lipinski definition) is 3. The summed E-state index contributed by atoms with van der Waals surface area (Å²) in [6.07, 6.45) is 3.05. The number of nitrogens with one attached hydrogen (secondary N) is 1. The summed E-state index contributed by atoms with van der Waals surface area (Å²) in [5, 5.41) is 20.0. The highest BCUT2D eigenvalue weighted by Gasteiger charge is 2.35. The Morgan fingerprint density at radius 1 is 1.43 bits per heavy atom. The second-order valence-corrected chi connectivity index (χ2v) is 5.30. The van der Waals surface area contributed by atoms with Crippen LogP contribution in [0.3, 0.4) is 0 Å². The normalized spacial score (nSPS) is 28.6. The van der Waals surface area contributed by atoms with Gasteiger partial charge in [-0.2, -0.15) is 0 Å². The molecule has 1 fully saturated rings. The van der Waals surface area contributed by atoms with E-state index in [0.717, 1.165) is 23.0 Å². The Kier molecular flexibility index (Phi) is 3.03. The Hall–Kier alpha value is -1.74. The molecule has 1 saturated heterocycles. The molecule has 2 aliphatic heterocycles. The molecule has 8 heteroatoms. The average Bonchev–Trinajstić information content (AvgIpc) is 2.97. The van der Waals surface area contributed by atoms with Crippen LogP contribution in [-0.2, 0) is 16.0 Å². The van der Waals surface area contributed by atoms with Gasteiger partial charge in [0.05, 0.1) is 24.7 Å². The fourth-order valence-electron chi connectivity index (χ4n) is 2.98. The van der Waals surface area contributed by atoms with Gasteiger partial charge in [-0.05, 0) is 5.56 Å². The second kappa shape index (κ2) is 4.92. The van der Waals surface area contributed by atoms with E-state index in [2.05, 4.69) is 15.4 Å². The fraction of sp³-hybridized carbons (Fsp3) is 0.538. The molecule has 21 heavy (non-hydrogen) atoms. The van der Waals surface area contributed by atoms with Gasteiger partial charge in [0.2, 0.25) is 0 Å². The molecule has 0 aliphatic carbocycles. The van der Waals surface area contributed by atoms with E-state index in [-0.39, 0.29) is 12.8 Å². The van der Waals surface area contributed by atoms with Crippen molar-refractivity contribution in [2.75, 3.05) is 18.7 Å². The van der Waals surface area contributed by atoms with Gasteiger partial charge in [0.15, 0.2) is 5.82 Å². The van der Waals surface area contributed by atoms with Crippen molar-refractivity contribution in [3.8, 4) is 0 Å². The molecule has 4 rings (SSSR count). The molecule has 0 spiro atoms. The van der Waals surface area contributed by atoms with Gasteiger partial charge in [-0.15, -0.1) is 0 Å². The van der Waals surface area contributed by atoms with Crippen LogP contribution >= 0.6 is 0 Å². The lowest BCUT2D eigenvalue weighted by Gasteiger charge is -2.14. The maximum absolute atomic E-state index is 9.91. The molecule has 3 atom stereocenters. The SMILES string of the molecule is OC[C@H]1O[C@@H](n2cc3c4c(ncnc42)NOCC3)C[C@@H]1O. The van der Waals surface area contributed by atoms with Gasteiger partial charge in [0.1, 0.15) is 24.3 Å². The first-order chi connectivity index (χ1) is 10.3. The summed E-state index contributed by atoms with van der Waals surface area (Å²) in [4.78, 5) is 13.8. The highest BCUT2D eigenvalue weighted by molar-refractivity contribution is 5.90. The zero-order valence-corrected chi connectivity index (χ0v) is 11.3. The van der Waals surface area contributed by atoms with Crippen molar-refractivity contribution in [2.24, 2.45) is 0 Å². The van der Waals surface area contributed by atoms with Crippen molar-refractivity contribution in [2.45, 2.75) is 31.3 Å². The molecule has 8 nitrogen and oxygen atoms in total. The third-order valence-corrected chi connectivity index (χ3v) is 4.02. The van der Waals surface area contributed by atoms with E-state index in [1.807, 2.05) is 10.8 Å². The number of nitrogens with zero attached hydrogens (tertiary/aromatic N) is 3. The van der Waals surface area contributed by atoms with Crippen LogP contribution in [0.5, 0.6) is 0 Å². The first kappa shape index (κ1) is 13.0. The molecule has 2 aliphatic rings. The lowest BCUT2D eigenvalue weighted by atomic mass is 10.2. The van der Waals surface area contributed by atoms with E-state index >= 15 is 0 Å². The van der Waals surface area contributed by atoms with Crippen LogP contribution in [-0.4, -0.2) is 50.2 Å². The van der Waals surface area contributed by atoms with E-state index in [1.54, 1.807) is 0 Å². The van der Waals surface area contributed by atoms with Crippen LogP contribution < -0.4 is 5.48 Å². The van der Waals surface area contributed by atoms with Crippen LogP contribution in [0, 0.1) is 0 Å². The molecule has 2 aromatic rings. The minimum absolute atomic E-state index is 0.195. The van der Waals surface area contributed by atoms with E-state index in [9.17, 15) is 10.2 Å². The summed E-state index contributed by atoms with van der Waals surface area (Å²) in [5.74, 6) is 0.642. The van der Waals surface area contributed by atoms with E-state index < -0.39 is 12.2 Å². The smallest absolute Gasteiger partial charge is 0.162 e. The van der Waals surface area contributed by atoms with Gasteiger partial charge < -0.3 is 19.5 Å². The molecular formula is C13H16N4O4. The molecule has 2 aromatic heterocycles. The number of ether oxygens (including phenoxy) is 1. The second-order valence-electron chi connectivity index (χ2n) is 5.30. The van der Waals surface area contributed by atoms with Crippen molar-refractivity contribution in [1.29, 1.82) is 0 Å². The van der Waals surface area contributed by atoms with Crippen molar-refractivity contribution in [1.82, 2.24) is 14.5 Å². The summed E-state index contributed by atoms with van der Waals surface area (Å²) in [5.41, 5.74) is 4.65. The maximum atomic E-state index is 9.91. The summed E-state index contributed by atoms with van der Waals surface area (Å²) < 4.78 is 7.62. The molecule has 3 N–H and O–H groups in total. The Bertz CT molecular complexity index is 673. The predicted molar refractivity (Wildman–Crippen MR) is 72.4 cm³/mol. The fourth-order valence-corrected chi connectivity index (χ4v) is 2.98. The number of aromatic nitrogens is 3. The first-order valence-corrected chi connectivity index (χ1v) is 6.94. The summed E-state index contributed by atoms with van der Waals surface area (Å²) in [6.45, 7) is 0.349. The van der Waals surface area contributed by atoms with E-state index in [0.29, 0.717) is 18.8 Å². The Labute approximate surface area is 120 Å².